The molecule has 1 aliphatic rings. The average molecular weight is 355 g/mol. The molecule has 142 valence electrons. The molecule has 0 aromatic heterocycles. The molecule has 1 rings (SSSR count). The van der Waals surface area contributed by atoms with Crippen LogP contribution in [0.25, 0.3) is 0 Å². The second-order valence-corrected chi connectivity index (χ2v) is 6.65. The minimum absolute atomic E-state index is 0.00880. The van der Waals surface area contributed by atoms with Gasteiger partial charge in [-0.05, 0) is 25.7 Å². The first-order chi connectivity index (χ1) is 11.7. The van der Waals surface area contributed by atoms with Gasteiger partial charge in [-0.1, -0.05) is 0 Å². The van der Waals surface area contributed by atoms with Crippen LogP contribution in [0.3, 0.4) is 0 Å². The number of amides is 3. The van der Waals surface area contributed by atoms with Gasteiger partial charge in [0.2, 0.25) is 17.7 Å². The Labute approximate surface area is 148 Å². The van der Waals surface area contributed by atoms with E-state index in [4.69, 9.17) is 5.11 Å². The highest BCUT2D eigenvalue weighted by Crippen LogP contribution is 2.18. The van der Waals surface area contributed by atoms with E-state index in [2.05, 4.69) is 0 Å². The summed E-state index contributed by atoms with van der Waals surface area (Å²) in [4.78, 5) is 51.2. The Balaban J connectivity index is 2.50. The number of carboxylic acid groups (broad SMARTS) is 1. The fraction of sp³-hybridized carbons (Fsp3) is 0.765. The Morgan fingerprint density at radius 1 is 1.08 bits per heavy atom. The molecule has 0 aromatic carbocycles. The Kier molecular flexibility index (Phi) is 8.37. The van der Waals surface area contributed by atoms with Gasteiger partial charge in [-0.3, -0.25) is 19.2 Å². The molecule has 0 aromatic rings. The van der Waals surface area contributed by atoms with Crippen molar-refractivity contribution in [3.8, 4) is 0 Å². The monoisotopic (exact) mass is 355 g/mol. The lowest BCUT2D eigenvalue weighted by atomic mass is 10.1. The molecule has 1 N–H and O–H groups in total. The maximum absolute atomic E-state index is 12.3. The van der Waals surface area contributed by atoms with Crippen LogP contribution in [0.5, 0.6) is 0 Å². The quantitative estimate of drug-likeness (QED) is 0.719. The third-order valence-corrected chi connectivity index (χ3v) is 4.48. The zero-order valence-corrected chi connectivity index (χ0v) is 15.4. The van der Waals surface area contributed by atoms with Crippen molar-refractivity contribution >= 4 is 23.7 Å². The fourth-order valence-electron chi connectivity index (χ4n) is 3.06. The highest BCUT2D eigenvalue weighted by atomic mass is 16.4. The second kappa shape index (κ2) is 10.0. The minimum atomic E-state index is -1.03. The van der Waals surface area contributed by atoms with Gasteiger partial charge < -0.3 is 19.8 Å². The summed E-state index contributed by atoms with van der Waals surface area (Å²) in [5.74, 6) is -1.26. The standard InChI is InChI=1S/C17H29N3O5/c1-13(21)20(12-17(24)25)14-6-5-10-19(11-9-14)16(23)8-4-7-15(22)18(2)3/h14H,4-12H2,1-3H3,(H,24,25). The van der Waals surface area contributed by atoms with Crippen molar-refractivity contribution in [1.82, 2.24) is 14.7 Å². The van der Waals surface area contributed by atoms with Gasteiger partial charge in [0.05, 0.1) is 0 Å². The zero-order chi connectivity index (χ0) is 19.0. The average Bonchev–Trinajstić information content (AvgIpc) is 2.77. The van der Waals surface area contributed by atoms with Crippen molar-refractivity contribution in [3.63, 3.8) is 0 Å². The van der Waals surface area contributed by atoms with Gasteiger partial charge in [-0.25, -0.2) is 0 Å². The van der Waals surface area contributed by atoms with Crippen LogP contribution in [-0.4, -0.2) is 83.3 Å². The fourth-order valence-corrected chi connectivity index (χ4v) is 3.06. The zero-order valence-electron chi connectivity index (χ0n) is 15.4. The van der Waals surface area contributed by atoms with Crippen molar-refractivity contribution in [2.24, 2.45) is 0 Å². The highest BCUT2D eigenvalue weighted by Gasteiger charge is 2.27. The molecule has 1 aliphatic heterocycles. The van der Waals surface area contributed by atoms with E-state index < -0.39 is 5.97 Å². The number of likely N-dealkylation sites (tertiary alicyclic amines) is 1. The summed E-state index contributed by atoms with van der Waals surface area (Å²) in [6.45, 7) is 2.18. The summed E-state index contributed by atoms with van der Waals surface area (Å²) in [5, 5.41) is 8.97. The summed E-state index contributed by atoms with van der Waals surface area (Å²) in [5.41, 5.74) is 0. The van der Waals surface area contributed by atoms with Crippen LogP contribution >= 0.6 is 0 Å². The Hall–Kier alpha value is -2.12. The number of hydrogen-bond donors (Lipinski definition) is 1. The first-order valence-electron chi connectivity index (χ1n) is 8.69. The number of carboxylic acids is 1. The number of carbonyl (C=O) groups is 4. The topological polar surface area (TPSA) is 98.2 Å². The lowest BCUT2D eigenvalue weighted by Gasteiger charge is -2.28. The van der Waals surface area contributed by atoms with Crippen molar-refractivity contribution < 1.29 is 24.3 Å². The molecule has 0 spiro atoms. The summed E-state index contributed by atoms with van der Waals surface area (Å²) < 4.78 is 0. The van der Waals surface area contributed by atoms with Crippen LogP contribution in [0.15, 0.2) is 0 Å². The predicted octanol–water partition coefficient (Wildman–Crippen LogP) is 0.559. The SMILES string of the molecule is CC(=O)N(CC(=O)O)C1CCCN(C(=O)CCCC(=O)N(C)C)CC1. The lowest BCUT2D eigenvalue weighted by molar-refractivity contribution is -0.145. The van der Waals surface area contributed by atoms with E-state index in [1.165, 1.54) is 16.7 Å². The molecule has 0 radical (unpaired) electrons. The molecule has 1 fully saturated rings. The van der Waals surface area contributed by atoms with Gasteiger partial charge in [0.25, 0.3) is 0 Å². The number of nitrogens with zero attached hydrogens (tertiary/aromatic N) is 3. The van der Waals surface area contributed by atoms with Gasteiger partial charge in [0.1, 0.15) is 6.54 Å². The third kappa shape index (κ3) is 7.11. The number of carbonyl (C=O) groups excluding carboxylic acids is 3. The van der Waals surface area contributed by atoms with Crippen molar-refractivity contribution in [1.29, 1.82) is 0 Å². The number of rotatable bonds is 7. The van der Waals surface area contributed by atoms with Crippen LogP contribution in [0.4, 0.5) is 0 Å². The van der Waals surface area contributed by atoms with E-state index >= 15 is 0 Å². The van der Waals surface area contributed by atoms with E-state index in [9.17, 15) is 19.2 Å². The van der Waals surface area contributed by atoms with Crippen LogP contribution in [0.1, 0.15) is 45.4 Å². The van der Waals surface area contributed by atoms with E-state index in [-0.39, 0.29) is 30.3 Å². The number of aliphatic carboxylic acids is 1. The maximum Gasteiger partial charge on any atom is 0.323 e. The molecule has 8 nitrogen and oxygen atoms in total. The molecule has 1 saturated heterocycles. The Bertz CT molecular complexity index is 507. The first-order valence-corrected chi connectivity index (χ1v) is 8.69. The van der Waals surface area contributed by atoms with Gasteiger partial charge in [-0.2, -0.15) is 0 Å². The number of hydrogen-bond acceptors (Lipinski definition) is 4. The maximum atomic E-state index is 12.3. The van der Waals surface area contributed by atoms with Gasteiger partial charge >= 0.3 is 5.97 Å². The van der Waals surface area contributed by atoms with Crippen LogP contribution in [0, 0.1) is 0 Å². The van der Waals surface area contributed by atoms with Crippen molar-refractivity contribution in [2.45, 2.75) is 51.5 Å². The molecule has 0 bridgehead atoms. The highest BCUT2D eigenvalue weighted by molar-refractivity contribution is 5.80. The van der Waals surface area contributed by atoms with Crippen LogP contribution in [0.2, 0.25) is 0 Å². The largest absolute Gasteiger partial charge is 0.480 e. The smallest absolute Gasteiger partial charge is 0.323 e. The van der Waals surface area contributed by atoms with E-state index in [0.717, 1.165) is 6.42 Å². The Morgan fingerprint density at radius 3 is 2.32 bits per heavy atom. The predicted molar refractivity (Wildman–Crippen MR) is 91.8 cm³/mol. The van der Waals surface area contributed by atoms with Gasteiger partial charge in [0.15, 0.2) is 0 Å². The first kappa shape index (κ1) is 20.9. The molecule has 25 heavy (non-hydrogen) atoms. The Morgan fingerprint density at radius 2 is 1.76 bits per heavy atom. The van der Waals surface area contributed by atoms with Gasteiger partial charge in [-0.15, -0.1) is 0 Å². The molecular formula is C17H29N3O5. The molecule has 1 heterocycles. The molecule has 8 heteroatoms. The summed E-state index contributed by atoms with van der Waals surface area (Å²) in [6.07, 6.45) is 3.21. The molecular weight excluding hydrogens is 326 g/mol. The summed E-state index contributed by atoms with van der Waals surface area (Å²) in [7, 11) is 3.38. The summed E-state index contributed by atoms with van der Waals surface area (Å²) in [6, 6.07) is -0.151. The second-order valence-electron chi connectivity index (χ2n) is 6.65. The van der Waals surface area contributed by atoms with E-state index in [1.807, 2.05) is 0 Å². The molecule has 1 unspecified atom stereocenters. The summed E-state index contributed by atoms with van der Waals surface area (Å²) >= 11 is 0. The van der Waals surface area contributed by atoms with E-state index in [1.54, 1.807) is 19.0 Å². The van der Waals surface area contributed by atoms with Crippen molar-refractivity contribution in [3.05, 3.63) is 0 Å². The van der Waals surface area contributed by atoms with Gasteiger partial charge in [0, 0.05) is 53.0 Å². The van der Waals surface area contributed by atoms with Crippen molar-refractivity contribution in [2.75, 3.05) is 33.7 Å². The third-order valence-electron chi connectivity index (χ3n) is 4.48. The minimum Gasteiger partial charge on any atom is -0.480 e. The lowest BCUT2D eigenvalue weighted by Crippen LogP contribution is -2.43. The molecule has 3 amide bonds. The van der Waals surface area contributed by atoms with Crippen LogP contribution < -0.4 is 0 Å². The van der Waals surface area contributed by atoms with Crippen LogP contribution in [-0.2, 0) is 19.2 Å². The molecule has 1 atom stereocenters. The van der Waals surface area contributed by atoms with E-state index in [0.29, 0.717) is 45.2 Å². The molecule has 0 saturated carbocycles. The molecule has 0 aliphatic carbocycles. The normalized spacial score (nSPS) is 17.6.